The second-order valence-electron chi connectivity index (χ2n) is 6.11. The smallest absolute Gasteiger partial charge is 0.264 e. The summed E-state index contributed by atoms with van der Waals surface area (Å²) < 4.78 is 47.1. The Labute approximate surface area is 158 Å². The highest BCUT2D eigenvalue weighted by Crippen LogP contribution is 2.28. The first-order chi connectivity index (χ1) is 12.9. The number of aryl methyl sites for hydroxylation is 1. The number of anilines is 1. The molecule has 0 spiro atoms. The van der Waals surface area contributed by atoms with E-state index in [2.05, 4.69) is 0 Å². The van der Waals surface area contributed by atoms with Gasteiger partial charge in [0.1, 0.15) is 11.6 Å². The summed E-state index contributed by atoms with van der Waals surface area (Å²) in [5.74, 6) is 0.115. The van der Waals surface area contributed by atoms with Gasteiger partial charge in [-0.15, -0.1) is 0 Å². The standard InChI is InChI=1S/C21H20FNO3S/c1-16-7-9-18(10-8-16)23(15-17-5-3-4-6-21(17)22)27(24,25)20-13-11-19(26-2)12-14-20/h3-14H,15H2,1-2H3. The molecule has 3 aromatic carbocycles. The van der Waals surface area contributed by atoms with Gasteiger partial charge in [0, 0.05) is 5.56 Å². The largest absolute Gasteiger partial charge is 0.497 e. The van der Waals surface area contributed by atoms with Crippen LogP contribution in [-0.4, -0.2) is 15.5 Å². The van der Waals surface area contributed by atoms with Crippen molar-refractivity contribution in [2.24, 2.45) is 0 Å². The number of hydrogen-bond acceptors (Lipinski definition) is 3. The van der Waals surface area contributed by atoms with Crippen LogP contribution in [0.1, 0.15) is 11.1 Å². The van der Waals surface area contributed by atoms with Gasteiger partial charge in [-0.2, -0.15) is 0 Å². The van der Waals surface area contributed by atoms with Gasteiger partial charge < -0.3 is 4.74 Å². The molecule has 0 amide bonds. The van der Waals surface area contributed by atoms with E-state index >= 15 is 0 Å². The van der Waals surface area contributed by atoms with Crippen LogP contribution in [0.15, 0.2) is 77.7 Å². The molecule has 0 aliphatic rings. The quantitative estimate of drug-likeness (QED) is 0.626. The molecule has 3 rings (SSSR count). The fourth-order valence-corrected chi connectivity index (χ4v) is 4.13. The van der Waals surface area contributed by atoms with Crippen LogP contribution >= 0.6 is 0 Å². The van der Waals surface area contributed by atoms with Crippen molar-refractivity contribution in [3.63, 3.8) is 0 Å². The van der Waals surface area contributed by atoms with Gasteiger partial charge in [0.15, 0.2) is 0 Å². The van der Waals surface area contributed by atoms with Gasteiger partial charge in [0.2, 0.25) is 0 Å². The summed E-state index contributed by atoms with van der Waals surface area (Å²) in [6.45, 7) is 1.81. The minimum absolute atomic E-state index is 0.107. The SMILES string of the molecule is COc1ccc(S(=O)(=O)N(Cc2ccccc2F)c2ccc(C)cc2)cc1. The summed E-state index contributed by atoms with van der Waals surface area (Å²) in [6.07, 6.45) is 0. The number of benzene rings is 3. The Morgan fingerprint density at radius 3 is 2.15 bits per heavy atom. The Morgan fingerprint density at radius 1 is 0.926 bits per heavy atom. The lowest BCUT2D eigenvalue weighted by molar-refractivity contribution is 0.414. The zero-order valence-corrected chi connectivity index (χ0v) is 15.9. The molecule has 27 heavy (non-hydrogen) atoms. The predicted octanol–water partition coefficient (Wildman–Crippen LogP) is 4.54. The number of ether oxygens (including phenoxy) is 1. The number of methoxy groups -OCH3 is 1. The number of rotatable bonds is 6. The number of sulfonamides is 1. The molecule has 4 nitrogen and oxygen atoms in total. The molecule has 0 N–H and O–H groups in total. The van der Waals surface area contributed by atoms with Gasteiger partial charge in [0.25, 0.3) is 10.0 Å². The van der Waals surface area contributed by atoms with E-state index in [4.69, 9.17) is 4.74 Å². The van der Waals surface area contributed by atoms with E-state index in [0.29, 0.717) is 17.0 Å². The molecule has 0 radical (unpaired) electrons. The fraction of sp³-hybridized carbons (Fsp3) is 0.143. The van der Waals surface area contributed by atoms with Crippen molar-refractivity contribution in [1.29, 1.82) is 0 Å². The van der Waals surface area contributed by atoms with Crippen molar-refractivity contribution in [3.05, 3.63) is 89.7 Å². The third-order valence-corrected chi connectivity index (χ3v) is 6.03. The Morgan fingerprint density at radius 2 is 1.56 bits per heavy atom. The lowest BCUT2D eigenvalue weighted by Gasteiger charge is -2.25. The minimum Gasteiger partial charge on any atom is -0.497 e. The molecule has 0 bridgehead atoms. The lowest BCUT2D eigenvalue weighted by atomic mass is 10.2. The summed E-state index contributed by atoms with van der Waals surface area (Å²) in [5, 5.41) is 0. The van der Waals surface area contributed by atoms with Crippen LogP contribution in [0, 0.1) is 12.7 Å². The molecule has 0 atom stereocenters. The summed E-state index contributed by atoms with van der Waals surface area (Å²) >= 11 is 0. The fourth-order valence-electron chi connectivity index (χ4n) is 2.68. The predicted molar refractivity (Wildman–Crippen MR) is 104 cm³/mol. The molecular formula is C21H20FNO3S. The molecule has 0 aromatic heterocycles. The van der Waals surface area contributed by atoms with Gasteiger partial charge in [-0.25, -0.2) is 12.8 Å². The zero-order chi connectivity index (χ0) is 19.4. The summed E-state index contributed by atoms with van der Waals surface area (Å²) in [6, 6.07) is 19.4. The van der Waals surface area contributed by atoms with Crippen LogP contribution in [0.4, 0.5) is 10.1 Å². The lowest BCUT2D eigenvalue weighted by Crippen LogP contribution is -2.31. The van der Waals surface area contributed by atoms with Crippen LogP contribution in [0.5, 0.6) is 5.75 Å². The highest BCUT2D eigenvalue weighted by atomic mass is 32.2. The highest BCUT2D eigenvalue weighted by Gasteiger charge is 2.26. The molecule has 6 heteroatoms. The number of halogens is 1. The van der Waals surface area contributed by atoms with E-state index in [-0.39, 0.29) is 11.4 Å². The third-order valence-electron chi connectivity index (χ3n) is 4.24. The van der Waals surface area contributed by atoms with Gasteiger partial charge in [-0.05, 0) is 49.4 Å². The maximum absolute atomic E-state index is 14.2. The van der Waals surface area contributed by atoms with Gasteiger partial charge in [-0.3, -0.25) is 4.31 Å². The average molecular weight is 385 g/mol. The summed E-state index contributed by atoms with van der Waals surface area (Å²) in [5.41, 5.74) is 1.78. The van der Waals surface area contributed by atoms with E-state index < -0.39 is 15.8 Å². The molecule has 0 unspecified atom stereocenters. The van der Waals surface area contributed by atoms with E-state index in [1.807, 2.05) is 19.1 Å². The van der Waals surface area contributed by atoms with E-state index in [9.17, 15) is 12.8 Å². The minimum atomic E-state index is -3.90. The van der Waals surface area contributed by atoms with E-state index in [0.717, 1.165) is 5.56 Å². The van der Waals surface area contributed by atoms with Crippen molar-refractivity contribution in [3.8, 4) is 5.75 Å². The van der Waals surface area contributed by atoms with Crippen LogP contribution in [0.2, 0.25) is 0 Å². The first-order valence-corrected chi connectivity index (χ1v) is 9.82. The first kappa shape index (κ1) is 18.9. The number of nitrogens with zero attached hydrogens (tertiary/aromatic N) is 1. The van der Waals surface area contributed by atoms with Crippen molar-refractivity contribution < 1.29 is 17.5 Å². The molecule has 0 fully saturated rings. The molecule has 0 heterocycles. The molecule has 0 saturated heterocycles. The van der Waals surface area contributed by atoms with Gasteiger partial charge in [0.05, 0.1) is 24.2 Å². The van der Waals surface area contributed by atoms with Crippen LogP contribution in [-0.2, 0) is 16.6 Å². The van der Waals surface area contributed by atoms with Crippen molar-refractivity contribution in [1.82, 2.24) is 0 Å². The maximum Gasteiger partial charge on any atom is 0.264 e. The second kappa shape index (κ2) is 7.80. The zero-order valence-electron chi connectivity index (χ0n) is 15.1. The van der Waals surface area contributed by atoms with E-state index in [1.165, 1.54) is 29.6 Å². The molecular weight excluding hydrogens is 365 g/mol. The number of hydrogen-bond donors (Lipinski definition) is 0. The Balaban J connectivity index is 2.07. The maximum atomic E-state index is 14.2. The monoisotopic (exact) mass is 385 g/mol. The Kier molecular flexibility index (Phi) is 5.46. The molecule has 140 valence electrons. The highest BCUT2D eigenvalue weighted by molar-refractivity contribution is 7.92. The third kappa shape index (κ3) is 4.11. The second-order valence-corrected chi connectivity index (χ2v) is 7.98. The first-order valence-electron chi connectivity index (χ1n) is 8.38. The van der Waals surface area contributed by atoms with Crippen LogP contribution < -0.4 is 9.04 Å². The van der Waals surface area contributed by atoms with Crippen molar-refractivity contribution in [2.75, 3.05) is 11.4 Å². The van der Waals surface area contributed by atoms with Crippen molar-refractivity contribution in [2.45, 2.75) is 18.4 Å². The normalized spacial score (nSPS) is 11.2. The van der Waals surface area contributed by atoms with Crippen molar-refractivity contribution >= 4 is 15.7 Å². The van der Waals surface area contributed by atoms with Gasteiger partial charge in [-0.1, -0.05) is 35.9 Å². The van der Waals surface area contributed by atoms with Gasteiger partial charge >= 0.3 is 0 Å². The topological polar surface area (TPSA) is 46.6 Å². The van der Waals surface area contributed by atoms with E-state index in [1.54, 1.807) is 42.5 Å². The molecule has 0 aliphatic heterocycles. The summed E-state index contributed by atoms with van der Waals surface area (Å²) in [7, 11) is -2.38. The Bertz CT molecular complexity index is 1020. The average Bonchev–Trinajstić information content (AvgIpc) is 2.68. The molecule has 0 saturated carbocycles. The molecule has 3 aromatic rings. The van der Waals surface area contributed by atoms with Crippen LogP contribution in [0.3, 0.4) is 0 Å². The summed E-state index contributed by atoms with van der Waals surface area (Å²) in [4.78, 5) is 0.111. The Hall–Kier alpha value is -2.86. The molecule has 0 aliphatic carbocycles. The van der Waals surface area contributed by atoms with Crippen LogP contribution in [0.25, 0.3) is 0 Å².